The highest BCUT2D eigenvalue weighted by molar-refractivity contribution is 4.80. The van der Waals surface area contributed by atoms with E-state index in [1.54, 1.807) is 0 Å². The quantitative estimate of drug-likeness (QED) is 0.582. The topological polar surface area (TPSA) is 20.2 Å². The Bertz CT molecular complexity index is 108. The molecule has 0 heterocycles. The van der Waals surface area contributed by atoms with Crippen molar-refractivity contribution in [3.8, 4) is 0 Å². The minimum Gasteiger partial charge on any atom is -0.393 e. The van der Waals surface area contributed by atoms with E-state index in [9.17, 15) is 5.11 Å². The van der Waals surface area contributed by atoms with Crippen molar-refractivity contribution in [2.75, 3.05) is 0 Å². The van der Waals surface area contributed by atoms with Crippen LogP contribution in [0, 0.1) is 5.92 Å². The van der Waals surface area contributed by atoms with E-state index in [1.165, 1.54) is 44.9 Å². The maximum Gasteiger partial charge on any atom is 0.0568 e. The predicted molar refractivity (Wildman–Crippen MR) is 52.1 cm³/mol. The maximum absolute atomic E-state index is 9.55. The van der Waals surface area contributed by atoms with Crippen molar-refractivity contribution in [2.24, 2.45) is 5.92 Å². The molecule has 0 amide bonds. The minimum absolute atomic E-state index is 0.0339. The second-order valence-electron chi connectivity index (χ2n) is 4.11. The van der Waals surface area contributed by atoms with Crippen LogP contribution in [0.5, 0.6) is 0 Å². The molecule has 0 aromatic rings. The summed E-state index contributed by atoms with van der Waals surface area (Å²) in [7, 11) is 0. The minimum atomic E-state index is 0.0339. The van der Waals surface area contributed by atoms with Crippen LogP contribution in [-0.4, -0.2) is 11.2 Å². The first kappa shape index (κ1) is 10.0. The van der Waals surface area contributed by atoms with Crippen molar-refractivity contribution in [1.29, 1.82) is 0 Å². The van der Waals surface area contributed by atoms with Crippen molar-refractivity contribution in [3.63, 3.8) is 0 Å². The average Bonchev–Trinajstić information content (AvgIpc) is 2.86. The third kappa shape index (κ3) is 4.10. The molecule has 12 heavy (non-hydrogen) atoms. The summed E-state index contributed by atoms with van der Waals surface area (Å²) in [6.07, 6.45) is 10.2. The number of aliphatic hydroxyl groups excluding tert-OH is 1. The van der Waals surface area contributed by atoms with Crippen molar-refractivity contribution >= 4 is 0 Å². The molecule has 72 valence electrons. The number of aliphatic hydroxyl groups is 1. The summed E-state index contributed by atoms with van der Waals surface area (Å²) in [6, 6.07) is 0. The van der Waals surface area contributed by atoms with Gasteiger partial charge in [-0.2, -0.15) is 0 Å². The molecular weight excluding hydrogens is 148 g/mol. The molecule has 1 nitrogen and oxygen atoms in total. The summed E-state index contributed by atoms with van der Waals surface area (Å²) in [5.41, 5.74) is 0. The monoisotopic (exact) mass is 170 g/mol. The van der Waals surface area contributed by atoms with E-state index in [2.05, 4.69) is 6.92 Å². The zero-order valence-corrected chi connectivity index (χ0v) is 8.26. The normalized spacial score (nSPS) is 19.5. The predicted octanol–water partition coefficient (Wildman–Crippen LogP) is 3.12. The van der Waals surface area contributed by atoms with E-state index in [-0.39, 0.29) is 6.10 Å². The molecule has 1 atom stereocenters. The van der Waals surface area contributed by atoms with Crippen molar-refractivity contribution in [3.05, 3.63) is 0 Å². The van der Waals surface area contributed by atoms with Crippen LogP contribution in [0.15, 0.2) is 0 Å². The Morgan fingerprint density at radius 2 is 1.83 bits per heavy atom. The van der Waals surface area contributed by atoms with E-state index in [0.29, 0.717) is 5.92 Å². The van der Waals surface area contributed by atoms with Crippen LogP contribution >= 0.6 is 0 Å². The highest BCUT2D eigenvalue weighted by Gasteiger charge is 2.28. The van der Waals surface area contributed by atoms with Gasteiger partial charge in [0.2, 0.25) is 0 Å². The van der Waals surface area contributed by atoms with Gasteiger partial charge in [0.05, 0.1) is 6.10 Å². The SMILES string of the molecule is CCCCCCCC(O)C1CC1. The molecule has 1 aliphatic carbocycles. The van der Waals surface area contributed by atoms with Crippen molar-refractivity contribution in [1.82, 2.24) is 0 Å². The van der Waals surface area contributed by atoms with Gasteiger partial charge in [-0.1, -0.05) is 39.0 Å². The molecule has 0 aromatic carbocycles. The molecule has 1 saturated carbocycles. The zero-order valence-electron chi connectivity index (χ0n) is 8.26. The van der Waals surface area contributed by atoms with Crippen LogP contribution in [-0.2, 0) is 0 Å². The van der Waals surface area contributed by atoms with Gasteiger partial charge in [0.15, 0.2) is 0 Å². The van der Waals surface area contributed by atoms with Gasteiger partial charge in [-0.05, 0) is 25.2 Å². The van der Waals surface area contributed by atoms with Crippen LogP contribution < -0.4 is 0 Å². The molecule has 1 aliphatic rings. The summed E-state index contributed by atoms with van der Waals surface area (Å²) in [4.78, 5) is 0. The Balaban J connectivity index is 1.81. The van der Waals surface area contributed by atoms with E-state index >= 15 is 0 Å². The average molecular weight is 170 g/mol. The standard InChI is InChI=1S/C11H22O/c1-2-3-4-5-6-7-11(12)10-8-9-10/h10-12H,2-9H2,1H3. The molecule has 1 unspecified atom stereocenters. The number of unbranched alkanes of at least 4 members (excludes halogenated alkanes) is 4. The number of hydrogen-bond acceptors (Lipinski definition) is 1. The highest BCUT2D eigenvalue weighted by atomic mass is 16.3. The summed E-state index contributed by atoms with van der Waals surface area (Å²) in [5, 5.41) is 9.55. The fourth-order valence-electron chi connectivity index (χ4n) is 1.67. The van der Waals surface area contributed by atoms with Gasteiger partial charge in [-0.15, -0.1) is 0 Å². The van der Waals surface area contributed by atoms with E-state index in [4.69, 9.17) is 0 Å². The second kappa shape index (κ2) is 5.58. The molecule has 0 bridgehead atoms. The van der Waals surface area contributed by atoms with Crippen molar-refractivity contribution < 1.29 is 5.11 Å². The van der Waals surface area contributed by atoms with Gasteiger partial charge in [0.25, 0.3) is 0 Å². The highest BCUT2D eigenvalue weighted by Crippen LogP contribution is 2.34. The van der Waals surface area contributed by atoms with E-state index < -0.39 is 0 Å². The molecule has 0 aliphatic heterocycles. The smallest absolute Gasteiger partial charge is 0.0568 e. The molecule has 1 N–H and O–H groups in total. The Morgan fingerprint density at radius 3 is 2.42 bits per heavy atom. The molecule has 0 saturated heterocycles. The summed E-state index contributed by atoms with van der Waals surface area (Å²) in [5.74, 6) is 0.677. The molecule has 0 radical (unpaired) electrons. The van der Waals surface area contributed by atoms with Crippen LogP contribution in [0.25, 0.3) is 0 Å². The third-order valence-electron chi connectivity index (χ3n) is 2.77. The lowest BCUT2D eigenvalue weighted by molar-refractivity contribution is 0.138. The van der Waals surface area contributed by atoms with Gasteiger partial charge in [-0.25, -0.2) is 0 Å². The van der Waals surface area contributed by atoms with Gasteiger partial charge in [-0.3, -0.25) is 0 Å². The maximum atomic E-state index is 9.55. The molecule has 1 heteroatoms. The van der Waals surface area contributed by atoms with Crippen LogP contribution in [0.2, 0.25) is 0 Å². The van der Waals surface area contributed by atoms with Crippen LogP contribution in [0.4, 0.5) is 0 Å². The number of rotatable bonds is 7. The fourth-order valence-corrected chi connectivity index (χ4v) is 1.67. The molecule has 0 aromatic heterocycles. The van der Waals surface area contributed by atoms with Gasteiger partial charge in [0, 0.05) is 0 Å². The summed E-state index contributed by atoms with van der Waals surface area (Å²) >= 11 is 0. The zero-order chi connectivity index (χ0) is 8.81. The van der Waals surface area contributed by atoms with Crippen molar-refractivity contribution in [2.45, 2.75) is 64.4 Å². The lowest BCUT2D eigenvalue weighted by Crippen LogP contribution is -2.08. The lowest BCUT2D eigenvalue weighted by Gasteiger charge is -2.07. The molecule has 0 spiro atoms. The molecular formula is C11H22O. The van der Waals surface area contributed by atoms with E-state index in [0.717, 1.165) is 6.42 Å². The summed E-state index contributed by atoms with van der Waals surface area (Å²) < 4.78 is 0. The third-order valence-corrected chi connectivity index (χ3v) is 2.77. The lowest BCUT2D eigenvalue weighted by atomic mass is 10.1. The Labute approximate surface area is 76.2 Å². The number of hydrogen-bond donors (Lipinski definition) is 1. The Hall–Kier alpha value is -0.0400. The summed E-state index contributed by atoms with van der Waals surface area (Å²) in [6.45, 7) is 2.24. The first-order valence-electron chi connectivity index (χ1n) is 5.52. The van der Waals surface area contributed by atoms with Crippen LogP contribution in [0.1, 0.15) is 58.3 Å². The first-order chi connectivity index (χ1) is 5.84. The second-order valence-corrected chi connectivity index (χ2v) is 4.11. The first-order valence-corrected chi connectivity index (χ1v) is 5.52. The Kier molecular flexibility index (Phi) is 4.67. The van der Waals surface area contributed by atoms with Gasteiger partial charge < -0.3 is 5.11 Å². The molecule has 1 rings (SSSR count). The Morgan fingerprint density at radius 1 is 1.17 bits per heavy atom. The van der Waals surface area contributed by atoms with Crippen LogP contribution in [0.3, 0.4) is 0 Å². The van der Waals surface area contributed by atoms with Gasteiger partial charge in [0.1, 0.15) is 0 Å². The largest absolute Gasteiger partial charge is 0.393 e. The van der Waals surface area contributed by atoms with Gasteiger partial charge >= 0.3 is 0 Å². The molecule has 1 fully saturated rings. The van der Waals surface area contributed by atoms with E-state index in [1.807, 2.05) is 0 Å². The fraction of sp³-hybridized carbons (Fsp3) is 1.00.